The van der Waals surface area contributed by atoms with E-state index in [4.69, 9.17) is 9.84 Å². The summed E-state index contributed by atoms with van der Waals surface area (Å²) in [5, 5.41) is 9.14. The van der Waals surface area contributed by atoms with Crippen LogP contribution in [0.5, 0.6) is 0 Å². The number of pyridine rings is 1. The molecule has 3 aliphatic rings. The van der Waals surface area contributed by atoms with Crippen molar-refractivity contribution in [3.63, 3.8) is 0 Å². The number of halogens is 2. The first-order valence-electron chi connectivity index (χ1n) is 12.2. The van der Waals surface area contributed by atoms with Gasteiger partial charge in [0.1, 0.15) is 17.5 Å². The zero-order valence-corrected chi connectivity index (χ0v) is 19.2. The molecule has 1 aliphatic carbocycles. The van der Waals surface area contributed by atoms with Crippen molar-refractivity contribution < 1.29 is 23.4 Å². The van der Waals surface area contributed by atoms with Crippen LogP contribution in [0.3, 0.4) is 0 Å². The molecule has 3 fully saturated rings. The van der Waals surface area contributed by atoms with E-state index in [9.17, 15) is 13.6 Å². The molecule has 6 nitrogen and oxygen atoms in total. The molecule has 35 heavy (non-hydrogen) atoms. The van der Waals surface area contributed by atoms with Crippen LogP contribution >= 0.6 is 0 Å². The normalized spacial score (nSPS) is 23.6. The molecule has 3 aromatic rings. The van der Waals surface area contributed by atoms with Gasteiger partial charge in [0.25, 0.3) is 0 Å². The number of carbonyl (C=O) groups is 1. The number of carboxylic acids is 1. The number of anilines is 1. The number of hydrogen-bond donors (Lipinski definition) is 2. The molecule has 0 spiro atoms. The summed E-state index contributed by atoms with van der Waals surface area (Å²) in [6.45, 7) is 0.386. The topological polar surface area (TPSA) is 78.5 Å². The summed E-state index contributed by atoms with van der Waals surface area (Å²) in [4.78, 5) is 21.2. The SMILES string of the molecule is O=C(O)c1ccc(N2C3CCC2CC(OCc2c(-c4ccc(F)cc4F)c[nH]c2C2CC2)C3)nc1. The van der Waals surface area contributed by atoms with Gasteiger partial charge in [-0.3, -0.25) is 0 Å². The summed E-state index contributed by atoms with van der Waals surface area (Å²) in [6, 6.07) is 7.70. The molecule has 1 aromatic carbocycles. The van der Waals surface area contributed by atoms with Crippen LogP contribution in [0.15, 0.2) is 42.7 Å². The summed E-state index contributed by atoms with van der Waals surface area (Å²) in [6.07, 6.45) is 9.36. The van der Waals surface area contributed by atoms with Crippen molar-refractivity contribution in [1.82, 2.24) is 9.97 Å². The molecule has 2 bridgehead atoms. The quantitative estimate of drug-likeness (QED) is 0.458. The Hall–Kier alpha value is -3.26. The second-order valence-electron chi connectivity index (χ2n) is 9.90. The molecule has 182 valence electrons. The Kier molecular flexibility index (Phi) is 5.56. The maximum absolute atomic E-state index is 14.6. The molecule has 0 radical (unpaired) electrons. The van der Waals surface area contributed by atoms with Gasteiger partial charge in [0.15, 0.2) is 0 Å². The van der Waals surface area contributed by atoms with E-state index in [1.807, 2.05) is 6.20 Å². The second kappa shape index (κ2) is 8.75. The minimum absolute atomic E-state index is 0.0786. The lowest BCUT2D eigenvalue weighted by molar-refractivity contribution is 0.0149. The summed E-state index contributed by atoms with van der Waals surface area (Å²) in [7, 11) is 0. The van der Waals surface area contributed by atoms with Crippen LogP contribution in [0, 0.1) is 11.6 Å². The lowest BCUT2D eigenvalue weighted by Gasteiger charge is -2.39. The number of aromatic nitrogens is 2. The number of aromatic amines is 1. The molecule has 1 saturated carbocycles. The van der Waals surface area contributed by atoms with Crippen LogP contribution in [-0.4, -0.2) is 39.2 Å². The Morgan fingerprint density at radius 1 is 1.09 bits per heavy atom. The van der Waals surface area contributed by atoms with Crippen LogP contribution in [0.4, 0.5) is 14.6 Å². The molecular weight excluding hydrogens is 452 g/mol. The number of rotatable bonds is 7. The van der Waals surface area contributed by atoms with Crippen molar-refractivity contribution in [3.05, 3.63) is 71.2 Å². The summed E-state index contributed by atoms with van der Waals surface area (Å²) in [5.41, 5.74) is 3.39. The zero-order chi connectivity index (χ0) is 24.1. The largest absolute Gasteiger partial charge is 0.478 e. The van der Waals surface area contributed by atoms with Gasteiger partial charge in [-0.25, -0.2) is 18.6 Å². The minimum Gasteiger partial charge on any atom is -0.478 e. The molecule has 2 atom stereocenters. The molecule has 2 aromatic heterocycles. The third-order valence-corrected chi connectivity index (χ3v) is 7.64. The van der Waals surface area contributed by atoms with Crippen molar-refractivity contribution >= 4 is 11.8 Å². The lowest BCUT2D eigenvalue weighted by atomic mass is 9.98. The predicted octanol–water partition coefficient (Wildman–Crippen LogP) is 5.65. The number of carboxylic acid groups (broad SMARTS) is 1. The number of ether oxygens (including phenoxy) is 1. The number of fused-ring (bicyclic) bond motifs is 2. The Labute approximate surface area is 201 Å². The van der Waals surface area contributed by atoms with Crippen molar-refractivity contribution in [3.8, 4) is 11.1 Å². The highest BCUT2D eigenvalue weighted by molar-refractivity contribution is 5.87. The van der Waals surface area contributed by atoms with Crippen LogP contribution in [0.25, 0.3) is 11.1 Å². The van der Waals surface area contributed by atoms with Crippen LogP contribution in [0.1, 0.15) is 66.1 Å². The lowest BCUT2D eigenvalue weighted by Crippen LogP contribution is -2.46. The molecule has 8 heteroatoms. The molecule has 6 rings (SSSR count). The first-order chi connectivity index (χ1) is 17.0. The van der Waals surface area contributed by atoms with Gasteiger partial charge in [-0.1, -0.05) is 0 Å². The molecule has 0 amide bonds. The van der Waals surface area contributed by atoms with E-state index in [0.29, 0.717) is 30.2 Å². The van der Waals surface area contributed by atoms with Crippen molar-refractivity contribution in [2.24, 2.45) is 0 Å². The standard InChI is InChI=1S/C27H27F2N3O3/c28-17-4-7-21(24(29)9-17)22-13-31-26(15-1-2-15)23(22)14-35-20-10-18-5-6-19(11-20)32(18)25-8-3-16(12-30-25)27(33)34/h3-4,7-9,12-13,15,18-20,31H,1-2,5-6,10-11,14H2,(H,33,34). The number of piperidine rings is 1. The summed E-state index contributed by atoms with van der Waals surface area (Å²) in [5.74, 6) is -0.869. The van der Waals surface area contributed by atoms with E-state index in [-0.39, 0.29) is 11.7 Å². The van der Waals surface area contributed by atoms with Crippen LogP contribution in [-0.2, 0) is 11.3 Å². The van der Waals surface area contributed by atoms with E-state index in [1.54, 1.807) is 12.1 Å². The molecule has 2 aliphatic heterocycles. The van der Waals surface area contributed by atoms with Gasteiger partial charge in [0, 0.05) is 52.9 Å². The predicted molar refractivity (Wildman–Crippen MR) is 126 cm³/mol. The van der Waals surface area contributed by atoms with Gasteiger partial charge in [0.2, 0.25) is 0 Å². The monoisotopic (exact) mass is 479 g/mol. The smallest absolute Gasteiger partial charge is 0.337 e. The fourth-order valence-corrected chi connectivity index (χ4v) is 5.81. The maximum atomic E-state index is 14.6. The van der Waals surface area contributed by atoms with Gasteiger partial charge in [-0.15, -0.1) is 0 Å². The minimum atomic E-state index is -0.977. The number of aromatic carboxylic acids is 1. The van der Waals surface area contributed by atoms with E-state index >= 15 is 0 Å². The maximum Gasteiger partial charge on any atom is 0.337 e. The van der Waals surface area contributed by atoms with Crippen LogP contribution < -0.4 is 4.90 Å². The molecule has 4 heterocycles. The summed E-state index contributed by atoms with van der Waals surface area (Å²) >= 11 is 0. The van der Waals surface area contributed by atoms with Gasteiger partial charge < -0.3 is 19.7 Å². The second-order valence-corrected chi connectivity index (χ2v) is 9.90. The number of nitrogens with one attached hydrogen (secondary N) is 1. The van der Waals surface area contributed by atoms with Crippen LogP contribution in [0.2, 0.25) is 0 Å². The van der Waals surface area contributed by atoms with E-state index in [1.165, 1.54) is 18.3 Å². The van der Waals surface area contributed by atoms with Crippen molar-refractivity contribution in [1.29, 1.82) is 0 Å². The molecule has 2 saturated heterocycles. The Morgan fingerprint density at radius 3 is 2.49 bits per heavy atom. The highest BCUT2D eigenvalue weighted by Gasteiger charge is 2.42. The first kappa shape index (κ1) is 22.2. The van der Waals surface area contributed by atoms with Crippen molar-refractivity contribution in [2.75, 3.05) is 4.90 Å². The van der Waals surface area contributed by atoms with Gasteiger partial charge >= 0.3 is 5.97 Å². The Bertz CT molecular complexity index is 1240. The summed E-state index contributed by atoms with van der Waals surface area (Å²) < 4.78 is 34.5. The van der Waals surface area contributed by atoms with Gasteiger partial charge in [-0.05, 0) is 68.7 Å². The van der Waals surface area contributed by atoms with E-state index in [2.05, 4.69) is 14.9 Å². The Balaban J connectivity index is 1.18. The van der Waals surface area contributed by atoms with E-state index in [0.717, 1.165) is 67.2 Å². The molecule has 2 unspecified atom stereocenters. The first-order valence-corrected chi connectivity index (χ1v) is 12.2. The fraction of sp³-hybridized carbons (Fsp3) is 0.407. The highest BCUT2D eigenvalue weighted by atomic mass is 19.1. The number of benzene rings is 1. The number of nitrogens with zero attached hydrogens (tertiary/aromatic N) is 2. The number of hydrogen-bond acceptors (Lipinski definition) is 4. The Morgan fingerprint density at radius 2 is 1.86 bits per heavy atom. The highest BCUT2D eigenvalue weighted by Crippen LogP contribution is 2.45. The molecular formula is C27H27F2N3O3. The third kappa shape index (κ3) is 4.20. The third-order valence-electron chi connectivity index (χ3n) is 7.64. The number of H-pyrrole nitrogens is 1. The zero-order valence-electron chi connectivity index (χ0n) is 19.2. The average molecular weight is 480 g/mol. The van der Waals surface area contributed by atoms with Gasteiger partial charge in [0.05, 0.1) is 18.3 Å². The van der Waals surface area contributed by atoms with Crippen molar-refractivity contribution in [2.45, 2.75) is 69.2 Å². The van der Waals surface area contributed by atoms with E-state index < -0.39 is 17.6 Å². The fourth-order valence-electron chi connectivity index (χ4n) is 5.81. The van der Waals surface area contributed by atoms with Gasteiger partial charge in [-0.2, -0.15) is 0 Å². The molecule has 2 N–H and O–H groups in total. The average Bonchev–Trinajstić information content (AvgIpc) is 3.55.